The Labute approximate surface area is 186 Å². The zero-order valence-corrected chi connectivity index (χ0v) is 17.3. The molecule has 0 unspecified atom stereocenters. The third kappa shape index (κ3) is 5.98. The molecule has 172 valence electrons. The molecule has 0 saturated carbocycles. The molecule has 4 rings (SSSR count). The van der Waals surface area contributed by atoms with Gasteiger partial charge in [-0.25, -0.2) is 9.37 Å². The zero-order chi connectivity index (χ0) is 23.3. The lowest BCUT2D eigenvalue weighted by Crippen LogP contribution is -2.37. The molecular formula is C21H19F4N7O. The van der Waals surface area contributed by atoms with Crippen LogP contribution in [0.25, 0.3) is 0 Å². The molecule has 0 spiro atoms. The number of aromatic nitrogens is 3. The van der Waals surface area contributed by atoms with Gasteiger partial charge in [-0.3, -0.25) is 4.98 Å². The minimum absolute atomic E-state index is 0.0284. The number of halogens is 4. The molecule has 1 aromatic carbocycles. The maximum Gasteiger partial charge on any atom is 0.416 e. The van der Waals surface area contributed by atoms with Gasteiger partial charge in [-0.15, -0.1) is 5.11 Å². The predicted molar refractivity (Wildman–Crippen MR) is 112 cm³/mol. The first kappa shape index (κ1) is 22.5. The van der Waals surface area contributed by atoms with Crippen LogP contribution >= 0.6 is 0 Å². The quantitative estimate of drug-likeness (QED) is 0.415. The van der Waals surface area contributed by atoms with Gasteiger partial charge in [0, 0.05) is 18.8 Å². The molecule has 1 saturated heterocycles. The van der Waals surface area contributed by atoms with Gasteiger partial charge in [0.15, 0.2) is 11.6 Å². The van der Waals surface area contributed by atoms with Gasteiger partial charge in [-0.1, -0.05) is 6.07 Å². The van der Waals surface area contributed by atoms with Gasteiger partial charge in [-0.05, 0) is 30.3 Å². The van der Waals surface area contributed by atoms with Gasteiger partial charge in [0.25, 0.3) is 5.95 Å². The summed E-state index contributed by atoms with van der Waals surface area (Å²) in [6, 6.07) is 8.23. The van der Waals surface area contributed by atoms with Crippen LogP contribution in [0.3, 0.4) is 0 Å². The largest absolute Gasteiger partial charge is 0.416 e. The summed E-state index contributed by atoms with van der Waals surface area (Å²) < 4.78 is 57.9. The fraction of sp³-hybridized carbons (Fsp3) is 0.286. The second-order valence-electron chi connectivity index (χ2n) is 7.08. The summed E-state index contributed by atoms with van der Waals surface area (Å²) in [5.41, 5.74) is 0.650. The van der Waals surface area contributed by atoms with Crippen molar-refractivity contribution in [2.75, 3.05) is 36.5 Å². The molecule has 1 N–H and O–H groups in total. The molecule has 0 bridgehead atoms. The van der Waals surface area contributed by atoms with Gasteiger partial charge >= 0.3 is 6.18 Å². The molecule has 0 aliphatic carbocycles. The Morgan fingerprint density at radius 1 is 1.03 bits per heavy atom. The van der Waals surface area contributed by atoms with Gasteiger partial charge < -0.3 is 15.0 Å². The number of pyridine rings is 1. The number of hydrogen-bond donors (Lipinski definition) is 1. The molecule has 1 aliphatic rings. The molecule has 1 aliphatic heterocycles. The van der Waals surface area contributed by atoms with E-state index in [-0.39, 0.29) is 18.3 Å². The van der Waals surface area contributed by atoms with Gasteiger partial charge in [0.1, 0.15) is 6.54 Å². The molecule has 33 heavy (non-hydrogen) atoms. The average Bonchev–Trinajstić information content (AvgIpc) is 2.81. The number of anilines is 3. The monoisotopic (exact) mass is 461 g/mol. The molecule has 1 fully saturated rings. The first-order valence-corrected chi connectivity index (χ1v) is 10.0. The van der Waals surface area contributed by atoms with Crippen LogP contribution in [-0.4, -0.2) is 41.3 Å². The van der Waals surface area contributed by atoms with E-state index in [1.54, 1.807) is 17.0 Å². The second kappa shape index (κ2) is 9.86. The third-order valence-corrected chi connectivity index (χ3v) is 4.72. The second-order valence-corrected chi connectivity index (χ2v) is 7.08. The van der Waals surface area contributed by atoms with Crippen molar-refractivity contribution in [1.82, 2.24) is 15.0 Å². The van der Waals surface area contributed by atoms with Crippen molar-refractivity contribution in [2.45, 2.75) is 12.7 Å². The first-order valence-electron chi connectivity index (χ1n) is 10.0. The van der Waals surface area contributed by atoms with Crippen molar-refractivity contribution in [1.29, 1.82) is 0 Å². The van der Waals surface area contributed by atoms with Crippen LogP contribution in [0.2, 0.25) is 0 Å². The number of azo groups is 1. The summed E-state index contributed by atoms with van der Waals surface area (Å²) in [7, 11) is 0. The normalized spacial score (nSPS) is 14.6. The number of morpholine rings is 1. The summed E-state index contributed by atoms with van der Waals surface area (Å²) in [5.74, 6) is -0.354. The molecule has 0 atom stereocenters. The summed E-state index contributed by atoms with van der Waals surface area (Å²) in [6.45, 7) is 2.15. The highest BCUT2D eigenvalue weighted by Crippen LogP contribution is 2.31. The fourth-order valence-corrected chi connectivity index (χ4v) is 3.10. The molecule has 8 nitrogen and oxygen atoms in total. The molecule has 3 heterocycles. The Morgan fingerprint density at radius 3 is 2.58 bits per heavy atom. The van der Waals surface area contributed by atoms with Gasteiger partial charge in [0.05, 0.1) is 42.6 Å². The van der Waals surface area contributed by atoms with E-state index in [1.807, 2.05) is 0 Å². The van der Waals surface area contributed by atoms with Gasteiger partial charge in [-0.2, -0.15) is 23.3 Å². The number of nitrogens with zero attached hydrogens (tertiary/aromatic N) is 6. The van der Waals surface area contributed by atoms with E-state index in [4.69, 9.17) is 4.74 Å². The SMILES string of the molecule is Fc1cnc(N=NCc2ccc(Nc3cccc(C(F)(F)F)c3)cn2)nc1N1CCOCC1. The molecule has 2 aromatic heterocycles. The maximum atomic E-state index is 14.1. The number of rotatable bonds is 6. The van der Waals surface area contributed by atoms with Crippen molar-refractivity contribution in [3.8, 4) is 0 Å². The highest BCUT2D eigenvalue weighted by atomic mass is 19.4. The summed E-state index contributed by atoms with van der Waals surface area (Å²) in [5, 5.41) is 10.8. The minimum atomic E-state index is -4.41. The van der Waals surface area contributed by atoms with Crippen LogP contribution in [0.1, 0.15) is 11.3 Å². The van der Waals surface area contributed by atoms with E-state index in [1.165, 1.54) is 18.3 Å². The third-order valence-electron chi connectivity index (χ3n) is 4.72. The highest BCUT2D eigenvalue weighted by molar-refractivity contribution is 5.59. The van der Waals surface area contributed by atoms with E-state index < -0.39 is 17.6 Å². The minimum Gasteiger partial charge on any atom is -0.378 e. The number of hydrogen-bond acceptors (Lipinski definition) is 8. The van der Waals surface area contributed by atoms with E-state index in [0.29, 0.717) is 43.4 Å². The lowest BCUT2D eigenvalue weighted by atomic mass is 10.2. The molecule has 0 amide bonds. The Kier molecular flexibility index (Phi) is 6.73. The van der Waals surface area contributed by atoms with Gasteiger partial charge in [0.2, 0.25) is 0 Å². The number of alkyl halides is 3. The summed E-state index contributed by atoms with van der Waals surface area (Å²) in [6.07, 6.45) is -1.88. The number of benzene rings is 1. The van der Waals surface area contributed by atoms with E-state index >= 15 is 0 Å². The van der Waals surface area contributed by atoms with E-state index in [9.17, 15) is 17.6 Å². The van der Waals surface area contributed by atoms with Crippen molar-refractivity contribution in [3.05, 3.63) is 65.9 Å². The lowest BCUT2D eigenvalue weighted by Gasteiger charge is -2.27. The molecule has 12 heteroatoms. The Balaban J connectivity index is 1.37. The predicted octanol–water partition coefficient (Wildman–Crippen LogP) is 4.89. The van der Waals surface area contributed by atoms with Crippen molar-refractivity contribution < 1.29 is 22.3 Å². The van der Waals surface area contributed by atoms with Crippen LogP contribution in [-0.2, 0) is 17.5 Å². The standard InChI is InChI=1S/C21H19F4N7O/c22-18-13-27-20(30-19(18)32-6-8-33-9-7-32)31-28-12-16-4-5-17(11-26-16)29-15-3-1-2-14(10-15)21(23,24)25/h1-5,10-11,13,29H,6-9,12H2. The zero-order valence-electron chi connectivity index (χ0n) is 17.3. The Morgan fingerprint density at radius 2 is 1.85 bits per heavy atom. The van der Waals surface area contributed by atoms with Crippen LogP contribution < -0.4 is 10.2 Å². The maximum absolute atomic E-state index is 14.1. The number of ether oxygens (including phenoxy) is 1. The Bertz CT molecular complexity index is 1120. The van der Waals surface area contributed by atoms with E-state index in [2.05, 4.69) is 30.5 Å². The fourth-order valence-electron chi connectivity index (χ4n) is 3.10. The van der Waals surface area contributed by atoms with Crippen LogP contribution in [0.4, 0.5) is 40.7 Å². The highest BCUT2D eigenvalue weighted by Gasteiger charge is 2.30. The molecule has 3 aromatic rings. The first-order chi connectivity index (χ1) is 15.9. The Hall–Kier alpha value is -3.67. The van der Waals surface area contributed by atoms with Crippen LogP contribution in [0.15, 0.2) is 59.0 Å². The number of nitrogens with one attached hydrogen (secondary N) is 1. The topological polar surface area (TPSA) is 87.9 Å². The van der Waals surface area contributed by atoms with Crippen molar-refractivity contribution >= 4 is 23.1 Å². The van der Waals surface area contributed by atoms with Crippen molar-refractivity contribution in [3.63, 3.8) is 0 Å². The molecule has 0 radical (unpaired) electrons. The molecular weight excluding hydrogens is 442 g/mol. The smallest absolute Gasteiger partial charge is 0.378 e. The lowest BCUT2D eigenvalue weighted by molar-refractivity contribution is -0.137. The van der Waals surface area contributed by atoms with E-state index in [0.717, 1.165) is 18.3 Å². The van der Waals surface area contributed by atoms with Crippen molar-refractivity contribution in [2.24, 2.45) is 10.2 Å². The summed E-state index contributed by atoms with van der Waals surface area (Å²) >= 11 is 0. The van der Waals surface area contributed by atoms with Crippen LogP contribution in [0.5, 0.6) is 0 Å². The van der Waals surface area contributed by atoms with Crippen LogP contribution in [0, 0.1) is 5.82 Å². The average molecular weight is 461 g/mol. The summed E-state index contributed by atoms with van der Waals surface area (Å²) in [4.78, 5) is 13.9.